The summed E-state index contributed by atoms with van der Waals surface area (Å²) >= 11 is 0. The van der Waals surface area contributed by atoms with Crippen LogP contribution in [0.15, 0.2) is 47.1 Å². The standard InChI is InChI=1S/C14H12F3NO4/c15-14(16,17)22-10-5-3-9(4-6-10)13(20)18-11(8-19)12-2-1-7-21-12/h1-7,11,19H,8H2,(H,18,20). The second-order valence-electron chi connectivity index (χ2n) is 4.30. The van der Waals surface area contributed by atoms with E-state index >= 15 is 0 Å². The molecule has 1 aromatic heterocycles. The van der Waals surface area contributed by atoms with Crippen LogP contribution in [0.4, 0.5) is 13.2 Å². The van der Waals surface area contributed by atoms with Crippen LogP contribution in [-0.2, 0) is 0 Å². The third-order valence-corrected chi connectivity index (χ3v) is 2.72. The quantitative estimate of drug-likeness (QED) is 0.890. The number of carbonyl (C=O) groups excluding carboxylic acids is 1. The average Bonchev–Trinajstić information content (AvgIpc) is 2.97. The molecule has 0 aliphatic rings. The maximum atomic E-state index is 12.0. The van der Waals surface area contributed by atoms with Crippen molar-refractivity contribution < 1.29 is 32.2 Å². The van der Waals surface area contributed by atoms with Crippen LogP contribution in [-0.4, -0.2) is 24.0 Å². The van der Waals surface area contributed by atoms with Gasteiger partial charge in [0.15, 0.2) is 0 Å². The number of aliphatic hydroxyl groups is 1. The number of ether oxygens (including phenoxy) is 1. The number of halogens is 3. The van der Waals surface area contributed by atoms with Crippen LogP contribution < -0.4 is 10.1 Å². The van der Waals surface area contributed by atoms with E-state index < -0.39 is 24.1 Å². The summed E-state index contributed by atoms with van der Waals surface area (Å²) in [5.41, 5.74) is 0.125. The van der Waals surface area contributed by atoms with Gasteiger partial charge in [-0.3, -0.25) is 4.79 Å². The molecule has 0 saturated carbocycles. The first-order valence-electron chi connectivity index (χ1n) is 6.20. The molecule has 2 N–H and O–H groups in total. The molecule has 0 aliphatic heterocycles. The van der Waals surface area contributed by atoms with Crippen LogP contribution in [0.25, 0.3) is 0 Å². The van der Waals surface area contributed by atoms with Crippen molar-refractivity contribution in [1.82, 2.24) is 5.32 Å². The minimum Gasteiger partial charge on any atom is -0.467 e. The highest BCUT2D eigenvalue weighted by Gasteiger charge is 2.31. The molecular formula is C14H12F3NO4. The molecule has 8 heteroatoms. The number of nitrogens with one attached hydrogen (secondary N) is 1. The molecule has 1 heterocycles. The molecule has 0 saturated heterocycles. The molecule has 0 fully saturated rings. The van der Waals surface area contributed by atoms with E-state index in [0.29, 0.717) is 5.76 Å². The average molecular weight is 315 g/mol. The fourth-order valence-corrected chi connectivity index (χ4v) is 1.75. The number of hydrogen-bond donors (Lipinski definition) is 2. The number of amides is 1. The Balaban J connectivity index is 2.03. The molecule has 0 bridgehead atoms. The van der Waals surface area contributed by atoms with Crippen LogP contribution in [0.5, 0.6) is 5.75 Å². The first-order valence-corrected chi connectivity index (χ1v) is 6.20. The Morgan fingerprint density at radius 2 is 1.95 bits per heavy atom. The summed E-state index contributed by atoms with van der Waals surface area (Å²) in [6, 6.07) is 6.88. The number of furan rings is 1. The highest BCUT2D eigenvalue weighted by atomic mass is 19.4. The van der Waals surface area contributed by atoms with Gasteiger partial charge in [-0.25, -0.2) is 0 Å². The lowest BCUT2D eigenvalue weighted by atomic mass is 10.1. The summed E-state index contributed by atoms with van der Waals surface area (Å²) in [5.74, 6) is -0.615. The zero-order valence-corrected chi connectivity index (χ0v) is 11.1. The zero-order valence-electron chi connectivity index (χ0n) is 11.1. The number of benzene rings is 1. The van der Waals surface area contributed by atoms with E-state index in [1.807, 2.05) is 0 Å². The first kappa shape index (κ1) is 15.9. The smallest absolute Gasteiger partial charge is 0.467 e. The van der Waals surface area contributed by atoms with Crippen LogP contribution in [0.3, 0.4) is 0 Å². The predicted molar refractivity (Wildman–Crippen MR) is 69.1 cm³/mol. The highest BCUT2D eigenvalue weighted by molar-refractivity contribution is 5.94. The van der Waals surface area contributed by atoms with Crippen molar-refractivity contribution in [3.63, 3.8) is 0 Å². The fraction of sp³-hybridized carbons (Fsp3) is 0.214. The largest absolute Gasteiger partial charge is 0.573 e. The van der Waals surface area contributed by atoms with E-state index in [4.69, 9.17) is 4.42 Å². The van der Waals surface area contributed by atoms with Crippen LogP contribution >= 0.6 is 0 Å². The van der Waals surface area contributed by atoms with Gasteiger partial charge in [0.2, 0.25) is 0 Å². The van der Waals surface area contributed by atoms with Crippen LogP contribution in [0.1, 0.15) is 22.2 Å². The van der Waals surface area contributed by atoms with Gasteiger partial charge in [-0.05, 0) is 36.4 Å². The Labute approximate surface area is 123 Å². The Morgan fingerprint density at radius 1 is 1.27 bits per heavy atom. The van der Waals surface area contributed by atoms with Crippen LogP contribution in [0.2, 0.25) is 0 Å². The summed E-state index contributed by atoms with van der Waals surface area (Å²) in [4.78, 5) is 12.0. The van der Waals surface area contributed by atoms with Crippen molar-refractivity contribution in [2.45, 2.75) is 12.4 Å². The van der Waals surface area contributed by atoms with E-state index in [1.54, 1.807) is 12.1 Å². The predicted octanol–water partition coefficient (Wildman–Crippen LogP) is 2.64. The van der Waals surface area contributed by atoms with Crippen LogP contribution in [0, 0.1) is 0 Å². The zero-order chi connectivity index (χ0) is 16.2. The van der Waals surface area contributed by atoms with E-state index in [2.05, 4.69) is 10.1 Å². The van der Waals surface area contributed by atoms with Gasteiger partial charge < -0.3 is 19.6 Å². The first-order chi connectivity index (χ1) is 10.4. The number of carbonyl (C=O) groups is 1. The minimum atomic E-state index is -4.79. The summed E-state index contributed by atoms with van der Waals surface area (Å²) in [7, 11) is 0. The van der Waals surface area contributed by atoms with Gasteiger partial charge in [0.1, 0.15) is 17.6 Å². The lowest BCUT2D eigenvalue weighted by Gasteiger charge is -2.14. The molecule has 0 radical (unpaired) electrons. The molecule has 118 valence electrons. The molecule has 0 aliphatic carbocycles. The molecule has 2 rings (SSSR count). The van der Waals surface area contributed by atoms with Crippen molar-refractivity contribution in [3.05, 3.63) is 54.0 Å². The van der Waals surface area contributed by atoms with Gasteiger partial charge in [0.05, 0.1) is 12.9 Å². The summed E-state index contributed by atoms with van der Waals surface area (Å²) in [5, 5.41) is 11.8. The Hall–Kier alpha value is -2.48. The van der Waals surface area contributed by atoms with Crippen molar-refractivity contribution >= 4 is 5.91 Å². The molecule has 1 atom stereocenters. The van der Waals surface area contributed by atoms with E-state index in [0.717, 1.165) is 12.1 Å². The highest BCUT2D eigenvalue weighted by Crippen LogP contribution is 2.23. The minimum absolute atomic E-state index is 0.125. The lowest BCUT2D eigenvalue weighted by molar-refractivity contribution is -0.274. The number of rotatable bonds is 5. The van der Waals surface area contributed by atoms with Crippen molar-refractivity contribution in [3.8, 4) is 5.75 Å². The second-order valence-corrected chi connectivity index (χ2v) is 4.30. The van der Waals surface area contributed by atoms with Gasteiger partial charge in [-0.2, -0.15) is 0 Å². The number of hydrogen-bond acceptors (Lipinski definition) is 4. The third kappa shape index (κ3) is 4.26. The normalized spacial score (nSPS) is 12.7. The van der Waals surface area contributed by atoms with Gasteiger partial charge in [-0.15, -0.1) is 13.2 Å². The van der Waals surface area contributed by atoms with Gasteiger partial charge in [-0.1, -0.05) is 0 Å². The maximum Gasteiger partial charge on any atom is 0.573 e. The van der Waals surface area contributed by atoms with Gasteiger partial charge in [0, 0.05) is 5.56 Å². The second kappa shape index (κ2) is 6.52. The molecular weight excluding hydrogens is 303 g/mol. The van der Waals surface area contributed by atoms with E-state index in [-0.39, 0.29) is 12.2 Å². The lowest BCUT2D eigenvalue weighted by Crippen LogP contribution is -2.30. The number of aliphatic hydroxyl groups excluding tert-OH is 1. The van der Waals surface area contributed by atoms with E-state index in [1.165, 1.54) is 18.4 Å². The molecule has 1 aromatic carbocycles. The molecule has 5 nitrogen and oxygen atoms in total. The summed E-state index contributed by atoms with van der Waals surface area (Å²) in [6.45, 7) is -0.380. The SMILES string of the molecule is O=C(NC(CO)c1ccco1)c1ccc(OC(F)(F)F)cc1. The topological polar surface area (TPSA) is 71.7 Å². The maximum absolute atomic E-state index is 12.0. The Morgan fingerprint density at radius 3 is 2.45 bits per heavy atom. The number of alkyl halides is 3. The van der Waals surface area contributed by atoms with E-state index in [9.17, 15) is 23.1 Å². The monoisotopic (exact) mass is 315 g/mol. The molecule has 1 amide bonds. The van der Waals surface area contributed by atoms with Crippen molar-refractivity contribution in [2.75, 3.05) is 6.61 Å². The third-order valence-electron chi connectivity index (χ3n) is 2.72. The van der Waals surface area contributed by atoms with Crippen molar-refractivity contribution in [1.29, 1.82) is 0 Å². The molecule has 2 aromatic rings. The molecule has 1 unspecified atom stereocenters. The Bertz CT molecular complexity index is 608. The Kier molecular flexibility index (Phi) is 4.71. The summed E-state index contributed by atoms with van der Waals surface area (Å²) < 4.78 is 44.9. The molecule has 0 spiro atoms. The molecule has 22 heavy (non-hydrogen) atoms. The summed E-state index contributed by atoms with van der Waals surface area (Å²) in [6.07, 6.45) is -3.39. The van der Waals surface area contributed by atoms with Gasteiger partial charge >= 0.3 is 6.36 Å². The van der Waals surface area contributed by atoms with Crippen molar-refractivity contribution in [2.24, 2.45) is 0 Å². The fourth-order valence-electron chi connectivity index (χ4n) is 1.75. The van der Waals surface area contributed by atoms with Gasteiger partial charge in [0.25, 0.3) is 5.91 Å².